The number of aliphatic hydroxyl groups is 1. The van der Waals surface area contributed by atoms with Crippen LogP contribution in [0.25, 0.3) is 0 Å². The van der Waals surface area contributed by atoms with Gasteiger partial charge < -0.3 is 14.6 Å². The van der Waals surface area contributed by atoms with Crippen molar-refractivity contribution in [2.75, 3.05) is 25.4 Å². The standard InChI is InChI=1S/C17H23NO5S/c19-14-6-5-12-8-18(9-13(12)7-14)24(20,21)11-15-10-22-16-3-1-2-4-17(16)23-15/h1-4,12-15,19H,5-11H2. The summed E-state index contributed by atoms with van der Waals surface area (Å²) in [7, 11) is -3.39. The Labute approximate surface area is 142 Å². The number of aliphatic hydroxyl groups excluding tert-OH is 1. The van der Waals surface area contributed by atoms with Crippen LogP contribution in [-0.4, -0.2) is 55.5 Å². The van der Waals surface area contributed by atoms with Crippen LogP contribution in [-0.2, 0) is 10.0 Å². The lowest BCUT2D eigenvalue weighted by Gasteiger charge is -2.27. The Morgan fingerprint density at radius 2 is 1.88 bits per heavy atom. The molecule has 1 saturated heterocycles. The smallest absolute Gasteiger partial charge is 0.217 e. The fourth-order valence-electron chi connectivity index (χ4n) is 4.08. The van der Waals surface area contributed by atoms with E-state index in [4.69, 9.17) is 9.47 Å². The third-order valence-corrected chi connectivity index (χ3v) is 7.22. The molecule has 3 aliphatic rings. The van der Waals surface area contributed by atoms with Gasteiger partial charge in [0.05, 0.1) is 6.10 Å². The summed E-state index contributed by atoms with van der Waals surface area (Å²) in [5, 5.41) is 9.79. The minimum atomic E-state index is -3.39. The van der Waals surface area contributed by atoms with E-state index in [1.807, 2.05) is 18.2 Å². The Hall–Kier alpha value is -1.31. The first-order chi connectivity index (χ1) is 11.5. The topological polar surface area (TPSA) is 76.1 Å². The highest BCUT2D eigenvalue weighted by Crippen LogP contribution is 2.38. The van der Waals surface area contributed by atoms with E-state index >= 15 is 0 Å². The molecule has 24 heavy (non-hydrogen) atoms. The van der Waals surface area contributed by atoms with Crippen molar-refractivity contribution in [2.45, 2.75) is 31.5 Å². The summed E-state index contributed by atoms with van der Waals surface area (Å²) in [4.78, 5) is 0. The Bertz CT molecular complexity index is 707. The van der Waals surface area contributed by atoms with Crippen LogP contribution in [0.2, 0.25) is 0 Å². The third kappa shape index (κ3) is 3.12. The molecule has 132 valence electrons. The number of fused-ring (bicyclic) bond motifs is 2. The normalized spacial score (nSPS) is 33.2. The van der Waals surface area contributed by atoms with Crippen molar-refractivity contribution in [3.63, 3.8) is 0 Å². The van der Waals surface area contributed by atoms with Crippen molar-refractivity contribution in [2.24, 2.45) is 11.8 Å². The monoisotopic (exact) mass is 353 g/mol. The van der Waals surface area contributed by atoms with Gasteiger partial charge in [-0.15, -0.1) is 0 Å². The molecule has 0 bridgehead atoms. The maximum Gasteiger partial charge on any atom is 0.217 e. The molecular formula is C17H23NO5S. The van der Waals surface area contributed by atoms with Crippen molar-refractivity contribution in [1.82, 2.24) is 4.31 Å². The van der Waals surface area contributed by atoms with Gasteiger partial charge in [-0.1, -0.05) is 12.1 Å². The largest absolute Gasteiger partial charge is 0.486 e. The second-order valence-corrected chi connectivity index (χ2v) is 9.09. The van der Waals surface area contributed by atoms with Crippen LogP contribution in [0, 0.1) is 11.8 Å². The summed E-state index contributed by atoms with van der Waals surface area (Å²) in [6.45, 7) is 1.34. The van der Waals surface area contributed by atoms with Gasteiger partial charge in [-0.3, -0.25) is 0 Å². The molecular weight excluding hydrogens is 330 g/mol. The van der Waals surface area contributed by atoms with E-state index in [1.165, 1.54) is 0 Å². The van der Waals surface area contributed by atoms with E-state index in [-0.39, 0.29) is 24.4 Å². The molecule has 7 heteroatoms. The van der Waals surface area contributed by atoms with Crippen molar-refractivity contribution in [1.29, 1.82) is 0 Å². The molecule has 1 saturated carbocycles. The van der Waals surface area contributed by atoms with E-state index in [9.17, 15) is 13.5 Å². The lowest BCUT2D eigenvalue weighted by molar-refractivity contribution is 0.0866. The first-order valence-electron chi connectivity index (χ1n) is 8.55. The van der Waals surface area contributed by atoms with Gasteiger partial charge in [-0.25, -0.2) is 12.7 Å². The molecule has 0 radical (unpaired) electrons. The number of hydrogen-bond donors (Lipinski definition) is 1. The van der Waals surface area contributed by atoms with E-state index in [1.54, 1.807) is 10.4 Å². The van der Waals surface area contributed by atoms with Crippen LogP contribution in [0.5, 0.6) is 11.5 Å². The lowest BCUT2D eigenvalue weighted by Crippen LogP contribution is -2.41. The highest BCUT2D eigenvalue weighted by Gasteiger charge is 2.42. The van der Waals surface area contributed by atoms with Gasteiger partial charge in [-0.2, -0.15) is 0 Å². The van der Waals surface area contributed by atoms with E-state index in [0.717, 1.165) is 12.8 Å². The maximum absolute atomic E-state index is 12.8. The van der Waals surface area contributed by atoms with Crippen molar-refractivity contribution in [3.8, 4) is 11.5 Å². The summed E-state index contributed by atoms with van der Waals surface area (Å²) in [6.07, 6.45) is 1.64. The Balaban J connectivity index is 1.41. The quantitative estimate of drug-likeness (QED) is 0.885. The van der Waals surface area contributed by atoms with Crippen molar-refractivity contribution in [3.05, 3.63) is 24.3 Å². The molecule has 4 atom stereocenters. The van der Waals surface area contributed by atoms with E-state index < -0.39 is 16.1 Å². The van der Waals surface area contributed by atoms with Crippen LogP contribution < -0.4 is 9.47 Å². The van der Waals surface area contributed by atoms with Gasteiger partial charge in [0, 0.05) is 13.1 Å². The average Bonchev–Trinajstić information content (AvgIpc) is 2.98. The molecule has 1 aliphatic carbocycles. The molecule has 1 aromatic rings. The first kappa shape index (κ1) is 16.2. The van der Waals surface area contributed by atoms with Crippen LogP contribution >= 0.6 is 0 Å². The van der Waals surface area contributed by atoms with Gasteiger partial charge in [0.25, 0.3) is 0 Å². The molecule has 2 fully saturated rings. The molecule has 1 aromatic carbocycles. The Morgan fingerprint density at radius 3 is 2.71 bits per heavy atom. The number of benzene rings is 1. The van der Waals surface area contributed by atoms with E-state index in [0.29, 0.717) is 36.9 Å². The number of nitrogens with zero attached hydrogens (tertiary/aromatic N) is 1. The predicted octanol–water partition coefficient (Wildman–Crippen LogP) is 1.25. The molecule has 2 heterocycles. The molecule has 6 nitrogen and oxygen atoms in total. The van der Waals surface area contributed by atoms with Gasteiger partial charge in [0.15, 0.2) is 11.5 Å². The number of rotatable bonds is 3. The minimum Gasteiger partial charge on any atom is -0.486 e. The zero-order chi connectivity index (χ0) is 16.7. The zero-order valence-corrected chi connectivity index (χ0v) is 14.3. The molecule has 1 N–H and O–H groups in total. The lowest BCUT2D eigenvalue weighted by atomic mass is 9.80. The fourth-order valence-corrected chi connectivity index (χ4v) is 5.76. The number of para-hydroxylation sites is 2. The SMILES string of the molecule is O=S(=O)(CC1COc2ccccc2O1)N1CC2CCC(O)CC2C1. The number of hydrogen-bond acceptors (Lipinski definition) is 5. The van der Waals surface area contributed by atoms with Crippen LogP contribution in [0.1, 0.15) is 19.3 Å². The van der Waals surface area contributed by atoms with Crippen LogP contribution in [0.4, 0.5) is 0 Å². The highest BCUT2D eigenvalue weighted by molar-refractivity contribution is 7.89. The summed E-state index contributed by atoms with van der Waals surface area (Å²) >= 11 is 0. The summed E-state index contributed by atoms with van der Waals surface area (Å²) in [5.41, 5.74) is 0. The fraction of sp³-hybridized carbons (Fsp3) is 0.647. The third-order valence-electron chi connectivity index (χ3n) is 5.35. The van der Waals surface area contributed by atoms with Crippen molar-refractivity contribution >= 4 is 10.0 Å². The van der Waals surface area contributed by atoms with Gasteiger partial charge in [-0.05, 0) is 43.2 Å². The molecule has 0 spiro atoms. The Morgan fingerprint density at radius 1 is 1.12 bits per heavy atom. The number of sulfonamides is 1. The van der Waals surface area contributed by atoms with Crippen LogP contribution in [0.3, 0.4) is 0 Å². The average molecular weight is 353 g/mol. The second kappa shape index (κ2) is 6.20. The summed E-state index contributed by atoms with van der Waals surface area (Å²) in [6, 6.07) is 7.31. The maximum atomic E-state index is 12.8. The van der Waals surface area contributed by atoms with Gasteiger partial charge in [0.1, 0.15) is 18.5 Å². The Kier molecular flexibility index (Phi) is 4.18. The molecule has 2 aliphatic heterocycles. The molecule has 0 aromatic heterocycles. The summed E-state index contributed by atoms with van der Waals surface area (Å²) in [5.74, 6) is 1.86. The second-order valence-electron chi connectivity index (χ2n) is 7.08. The highest BCUT2D eigenvalue weighted by atomic mass is 32.2. The summed E-state index contributed by atoms with van der Waals surface area (Å²) < 4.78 is 38.5. The van der Waals surface area contributed by atoms with E-state index in [2.05, 4.69) is 0 Å². The molecule has 0 amide bonds. The minimum absolute atomic E-state index is 0.0661. The predicted molar refractivity (Wildman–Crippen MR) is 88.6 cm³/mol. The zero-order valence-electron chi connectivity index (χ0n) is 13.5. The van der Waals surface area contributed by atoms with Gasteiger partial charge >= 0.3 is 0 Å². The van der Waals surface area contributed by atoms with Crippen LogP contribution in [0.15, 0.2) is 24.3 Å². The number of ether oxygens (including phenoxy) is 2. The van der Waals surface area contributed by atoms with Gasteiger partial charge in [0.2, 0.25) is 10.0 Å². The van der Waals surface area contributed by atoms with Crippen molar-refractivity contribution < 1.29 is 23.0 Å². The molecule has 4 rings (SSSR count). The first-order valence-corrected chi connectivity index (χ1v) is 10.2. The molecule has 4 unspecified atom stereocenters.